The number of carbonyl (C=O) groups is 1. The summed E-state index contributed by atoms with van der Waals surface area (Å²) < 4.78 is 0. The number of carboxylic acid groups (broad SMARTS) is 1. The van der Waals surface area contributed by atoms with Crippen molar-refractivity contribution in [1.82, 2.24) is 5.32 Å². The molecule has 0 bridgehead atoms. The molecule has 1 rings (SSSR count). The smallest absolute Gasteiger partial charge is 0.306 e. The number of nitrogens with one attached hydrogen (secondary N) is 1. The molecule has 0 aromatic heterocycles. The summed E-state index contributed by atoms with van der Waals surface area (Å²) in [6, 6.07) is 0.525. The fourth-order valence-corrected chi connectivity index (χ4v) is 3.11. The summed E-state index contributed by atoms with van der Waals surface area (Å²) in [5, 5.41) is 12.7. The molecule has 0 aliphatic heterocycles. The van der Waals surface area contributed by atoms with Gasteiger partial charge in [-0.2, -0.15) is 0 Å². The van der Waals surface area contributed by atoms with E-state index >= 15 is 0 Å². The molecule has 0 radical (unpaired) electrons. The van der Waals surface area contributed by atoms with Crippen LogP contribution >= 0.6 is 0 Å². The van der Waals surface area contributed by atoms with Gasteiger partial charge in [-0.3, -0.25) is 4.79 Å². The first-order valence-corrected chi connectivity index (χ1v) is 8.11. The first-order chi connectivity index (χ1) is 9.15. The van der Waals surface area contributed by atoms with Crippen molar-refractivity contribution in [3.8, 4) is 0 Å². The molecule has 3 atom stereocenters. The Morgan fingerprint density at radius 1 is 1.26 bits per heavy atom. The van der Waals surface area contributed by atoms with Gasteiger partial charge in [-0.15, -0.1) is 0 Å². The molecule has 3 unspecified atom stereocenters. The zero-order chi connectivity index (χ0) is 14.1. The third-order valence-electron chi connectivity index (χ3n) is 4.45. The predicted molar refractivity (Wildman–Crippen MR) is 79.3 cm³/mol. The first kappa shape index (κ1) is 16.5. The molecule has 3 heteroatoms. The van der Waals surface area contributed by atoms with Gasteiger partial charge in [-0.05, 0) is 38.6 Å². The average Bonchev–Trinajstić information content (AvgIpc) is 2.84. The maximum Gasteiger partial charge on any atom is 0.306 e. The highest BCUT2D eigenvalue weighted by Crippen LogP contribution is 2.31. The highest BCUT2D eigenvalue weighted by atomic mass is 16.4. The van der Waals surface area contributed by atoms with Crippen molar-refractivity contribution in [2.75, 3.05) is 6.54 Å². The van der Waals surface area contributed by atoms with Crippen LogP contribution in [-0.2, 0) is 4.79 Å². The second-order valence-electron chi connectivity index (χ2n) is 6.15. The van der Waals surface area contributed by atoms with Crippen LogP contribution in [0.25, 0.3) is 0 Å². The van der Waals surface area contributed by atoms with E-state index in [1.165, 1.54) is 38.5 Å². The fourth-order valence-electron chi connectivity index (χ4n) is 3.11. The molecule has 0 amide bonds. The summed E-state index contributed by atoms with van der Waals surface area (Å²) in [4.78, 5) is 11.1. The molecule has 0 spiro atoms. The van der Waals surface area contributed by atoms with Crippen LogP contribution < -0.4 is 5.32 Å². The van der Waals surface area contributed by atoms with E-state index < -0.39 is 5.97 Å². The lowest BCUT2D eigenvalue weighted by atomic mass is 9.96. The average molecular weight is 269 g/mol. The minimum atomic E-state index is -0.600. The molecule has 0 aromatic rings. The predicted octanol–water partition coefficient (Wildman–Crippen LogP) is 3.83. The van der Waals surface area contributed by atoms with E-state index in [-0.39, 0.29) is 5.92 Å². The fraction of sp³-hybridized carbons (Fsp3) is 0.938. The highest BCUT2D eigenvalue weighted by molar-refractivity contribution is 5.70. The van der Waals surface area contributed by atoms with E-state index in [9.17, 15) is 4.79 Å². The van der Waals surface area contributed by atoms with E-state index in [1.54, 1.807) is 0 Å². The number of unbranched alkanes of at least 4 members (excludes halogenated alkanes) is 4. The van der Waals surface area contributed by atoms with Gasteiger partial charge in [-0.25, -0.2) is 0 Å². The summed E-state index contributed by atoms with van der Waals surface area (Å²) in [6.45, 7) is 5.35. The maximum atomic E-state index is 11.1. The number of carboxylic acids is 1. The van der Waals surface area contributed by atoms with Gasteiger partial charge in [0.1, 0.15) is 0 Å². The minimum absolute atomic E-state index is 0.107. The second kappa shape index (κ2) is 9.35. The Bertz CT molecular complexity index is 255. The molecule has 0 heterocycles. The highest BCUT2D eigenvalue weighted by Gasteiger charge is 2.32. The summed E-state index contributed by atoms with van der Waals surface area (Å²) in [5.41, 5.74) is 0. The van der Waals surface area contributed by atoms with Crippen molar-refractivity contribution < 1.29 is 9.90 Å². The monoisotopic (exact) mass is 269 g/mol. The zero-order valence-electron chi connectivity index (χ0n) is 12.7. The molecule has 1 saturated carbocycles. The topological polar surface area (TPSA) is 49.3 Å². The largest absolute Gasteiger partial charge is 0.481 e. The first-order valence-electron chi connectivity index (χ1n) is 8.11. The van der Waals surface area contributed by atoms with Crippen molar-refractivity contribution >= 4 is 5.97 Å². The number of rotatable bonds is 10. The summed E-state index contributed by atoms with van der Waals surface area (Å²) >= 11 is 0. The van der Waals surface area contributed by atoms with Crippen LogP contribution in [0.4, 0.5) is 0 Å². The quantitative estimate of drug-likeness (QED) is 0.593. The van der Waals surface area contributed by atoms with Gasteiger partial charge < -0.3 is 10.4 Å². The lowest BCUT2D eigenvalue weighted by Gasteiger charge is -2.20. The third-order valence-corrected chi connectivity index (χ3v) is 4.45. The van der Waals surface area contributed by atoms with Crippen LogP contribution in [0, 0.1) is 11.8 Å². The van der Waals surface area contributed by atoms with Gasteiger partial charge >= 0.3 is 5.97 Å². The van der Waals surface area contributed by atoms with E-state index in [1.807, 2.05) is 0 Å². The van der Waals surface area contributed by atoms with Crippen LogP contribution in [0.5, 0.6) is 0 Å². The molecule has 1 aliphatic rings. The standard InChI is InChI=1S/C16H31NO2/c1-3-4-5-6-7-9-13(2)17-12-14-10-8-11-15(14)16(18)19/h13-15,17H,3-12H2,1-2H3,(H,18,19). The van der Waals surface area contributed by atoms with E-state index in [0.29, 0.717) is 12.0 Å². The molecule has 3 nitrogen and oxygen atoms in total. The van der Waals surface area contributed by atoms with Crippen LogP contribution in [0.2, 0.25) is 0 Å². The molecular weight excluding hydrogens is 238 g/mol. The molecule has 0 aromatic carbocycles. The van der Waals surface area contributed by atoms with Crippen LogP contribution in [-0.4, -0.2) is 23.7 Å². The Balaban J connectivity index is 2.09. The number of hydrogen-bond donors (Lipinski definition) is 2. The minimum Gasteiger partial charge on any atom is -0.481 e. The summed E-state index contributed by atoms with van der Waals surface area (Å²) in [5.74, 6) is -0.360. The van der Waals surface area contributed by atoms with Gasteiger partial charge in [0.25, 0.3) is 0 Å². The van der Waals surface area contributed by atoms with Crippen LogP contribution in [0.3, 0.4) is 0 Å². The number of aliphatic carboxylic acids is 1. The van der Waals surface area contributed by atoms with Crippen LogP contribution in [0.15, 0.2) is 0 Å². The van der Waals surface area contributed by atoms with Crippen molar-refractivity contribution in [1.29, 1.82) is 0 Å². The second-order valence-corrected chi connectivity index (χ2v) is 6.15. The Morgan fingerprint density at radius 3 is 2.68 bits per heavy atom. The third kappa shape index (κ3) is 6.42. The van der Waals surface area contributed by atoms with Crippen molar-refractivity contribution in [2.45, 2.75) is 77.7 Å². The lowest BCUT2D eigenvalue weighted by molar-refractivity contribution is -0.142. The normalized spacial score (nSPS) is 24.5. The van der Waals surface area contributed by atoms with Gasteiger partial charge in [-0.1, -0.05) is 45.4 Å². The molecule has 1 aliphatic carbocycles. The molecule has 0 saturated heterocycles. The van der Waals surface area contributed by atoms with Crippen molar-refractivity contribution in [3.05, 3.63) is 0 Å². The maximum absolute atomic E-state index is 11.1. The molecule has 19 heavy (non-hydrogen) atoms. The molecular formula is C16H31NO2. The number of hydrogen-bond acceptors (Lipinski definition) is 2. The van der Waals surface area contributed by atoms with Gasteiger partial charge in [0.15, 0.2) is 0 Å². The van der Waals surface area contributed by atoms with E-state index in [0.717, 1.165) is 25.8 Å². The SMILES string of the molecule is CCCCCCCC(C)NCC1CCCC1C(=O)O. The molecule has 2 N–H and O–H groups in total. The molecule has 1 fully saturated rings. The van der Waals surface area contributed by atoms with E-state index in [4.69, 9.17) is 5.11 Å². The van der Waals surface area contributed by atoms with Gasteiger partial charge in [0.05, 0.1) is 5.92 Å². The van der Waals surface area contributed by atoms with Gasteiger partial charge in [0, 0.05) is 6.04 Å². The van der Waals surface area contributed by atoms with Crippen LogP contribution in [0.1, 0.15) is 71.6 Å². The Labute approximate surface area is 118 Å². The Hall–Kier alpha value is -0.570. The molecule has 112 valence electrons. The van der Waals surface area contributed by atoms with Crippen molar-refractivity contribution in [2.24, 2.45) is 11.8 Å². The van der Waals surface area contributed by atoms with Crippen molar-refractivity contribution in [3.63, 3.8) is 0 Å². The zero-order valence-corrected chi connectivity index (χ0v) is 12.7. The Kier molecular flexibility index (Phi) is 8.11. The van der Waals surface area contributed by atoms with Gasteiger partial charge in [0.2, 0.25) is 0 Å². The Morgan fingerprint density at radius 2 is 2.00 bits per heavy atom. The summed E-state index contributed by atoms with van der Waals surface area (Å²) in [6.07, 6.45) is 10.9. The van der Waals surface area contributed by atoms with E-state index in [2.05, 4.69) is 19.2 Å². The summed E-state index contributed by atoms with van der Waals surface area (Å²) in [7, 11) is 0. The lowest BCUT2D eigenvalue weighted by Crippen LogP contribution is -2.34.